The second-order valence-corrected chi connectivity index (χ2v) is 10.8. The van der Waals surface area contributed by atoms with Gasteiger partial charge in [-0.1, -0.05) is 70.1 Å². The second-order valence-electron chi connectivity index (χ2n) is 8.28. The predicted molar refractivity (Wildman–Crippen MR) is 138 cm³/mol. The molecular weight excluding hydrogens is 502 g/mol. The van der Waals surface area contributed by atoms with Crippen LogP contribution in [0.1, 0.15) is 23.5 Å². The van der Waals surface area contributed by atoms with Gasteiger partial charge in [-0.3, -0.25) is 9.59 Å². The van der Waals surface area contributed by atoms with E-state index in [0.717, 1.165) is 22.3 Å². The van der Waals surface area contributed by atoms with Gasteiger partial charge in [-0.05, 0) is 22.3 Å². The van der Waals surface area contributed by atoms with Gasteiger partial charge in [-0.2, -0.15) is 0 Å². The lowest BCUT2D eigenvalue weighted by Gasteiger charge is -2.21. The number of hydrogen-bond acceptors (Lipinski definition) is 8. The van der Waals surface area contributed by atoms with Crippen molar-refractivity contribution >= 4 is 45.5 Å². The number of esters is 1. The number of rotatable bonds is 4. The Morgan fingerprint density at radius 1 is 1.00 bits per heavy atom. The third-order valence-electron chi connectivity index (χ3n) is 5.98. The number of carbonyl (C=O) groups excluding carboxylic acids is 4. The summed E-state index contributed by atoms with van der Waals surface area (Å²) in [5, 5.41) is 7.92. The Morgan fingerprint density at radius 3 is 2.31 bits per heavy atom. The van der Waals surface area contributed by atoms with Crippen molar-refractivity contribution < 1.29 is 28.7 Å². The van der Waals surface area contributed by atoms with Gasteiger partial charge < -0.3 is 25.4 Å². The summed E-state index contributed by atoms with van der Waals surface area (Å²) in [5.41, 5.74) is 4.45. The van der Waals surface area contributed by atoms with Crippen LogP contribution in [0.5, 0.6) is 0 Å². The van der Waals surface area contributed by atoms with Gasteiger partial charge in [0.05, 0.1) is 7.11 Å². The van der Waals surface area contributed by atoms with Gasteiger partial charge in [0.15, 0.2) is 0 Å². The van der Waals surface area contributed by atoms with Crippen molar-refractivity contribution in [2.45, 2.75) is 24.4 Å². The Balaban J connectivity index is 1.37. The number of hydrogen-bond donors (Lipinski definition) is 3. The fourth-order valence-corrected chi connectivity index (χ4v) is 6.51. The van der Waals surface area contributed by atoms with E-state index in [9.17, 15) is 19.2 Å². The molecule has 9 nitrogen and oxygen atoms in total. The van der Waals surface area contributed by atoms with E-state index in [4.69, 9.17) is 9.47 Å². The van der Waals surface area contributed by atoms with Gasteiger partial charge in [0, 0.05) is 30.4 Å². The summed E-state index contributed by atoms with van der Waals surface area (Å²) >= 11 is 0. The van der Waals surface area contributed by atoms with E-state index < -0.39 is 30.1 Å². The average Bonchev–Trinajstić information content (AvgIpc) is 3.21. The Kier molecular flexibility index (Phi) is 8.76. The lowest BCUT2D eigenvalue weighted by molar-refractivity contribution is -0.144. The Labute approximate surface area is 216 Å². The van der Waals surface area contributed by atoms with Crippen LogP contribution < -0.4 is 16.0 Å². The first-order valence-corrected chi connectivity index (χ1v) is 14.0. The molecule has 36 heavy (non-hydrogen) atoms. The number of benzene rings is 2. The fourth-order valence-electron chi connectivity index (χ4n) is 4.20. The average molecular weight is 530 g/mol. The summed E-state index contributed by atoms with van der Waals surface area (Å²) in [6, 6.07) is 14.4. The molecule has 2 atom stereocenters. The largest absolute Gasteiger partial charge is 0.467 e. The van der Waals surface area contributed by atoms with Crippen LogP contribution in [-0.4, -0.2) is 67.7 Å². The monoisotopic (exact) mass is 529 g/mol. The third kappa shape index (κ3) is 6.14. The number of carbonyl (C=O) groups is 4. The van der Waals surface area contributed by atoms with E-state index in [1.165, 1.54) is 28.7 Å². The zero-order valence-electron chi connectivity index (χ0n) is 19.7. The molecule has 0 bridgehead atoms. The van der Waals surface area contributed by atoms with Gasteiger partial charge in [0.2, 0.25) is 11.8 Å². The summed E-state index contributed by atoms with van der Waals surface area (Å²) in [4.78, 5) is 49.4. The quantitative estimate of drug-likeness (QED) is 0.408. The van der Waals surface area contributed by atoms with Gasteiger partial charge >= 0.3 is 12.1 Å². The topological polar surface area (TPSA) is 123 Å². The third-order valence-corrected chi connectivity index (χ3v) is 8.40. The zero-order chi connectivity index (χ0) is 25.5. The standard InChI is InChI=1S/C25H27N3O6S2/c1-33-24(31)21-14-36-35-13-20(23(30)26-11-10-22(29)27-21)28-25(32)34-12-19-17-8-4-2-6-15(17)16-7-3-5-9-18(16)19/h2-9,19-21H,10-14H2,1H3,(H,26,30)(H,27,29)(H,28,32)/t20-,21+/m0/s1. The van der Waals surface area contributed by atoms with E-state index >= 15 is 0 Å². The minimum Gasteiger partial charge on any atom is -0.467 e. The molecule has 0 saturated carbocycles. The number of methoxy groups -OCH3 is 1. The Bertz CT molecular complexity index is 1100. The Morgan fingerprint density at radius 2 is 1.64 bits per heavy atom. The first-order valence-electron chi connectivity index (χ1n) is 11.5. The summed E-state index contributed by atoms with van der Waals surface area (Å²) in [6.07, 6.45) is -0.700. The molecule has 1 aliphatic heterocycles. The maximum absolute atomic E-state index is 12.7. The lowest BCUT2D eigenvalue weighted by Crippen LogP contribution is -2.50. The number of amides is 3. The van der Waals surface area contributed by atoms with Gasteiger partial charge in [0.25, 0.3) is 0 Å². The highest BCUT2D eigenvalue weighted by atomic mass is 33.1. The van der Waals surface area contributed by atoms with Crippen LogP contribution >= 0.6 is 21.6 Å². The smallest absolute Gasteiger partial charge is 0.407 e. The summed E-state index contributed by atoms with van der Waals surface area (Å²) in [6.45, 7) is 0.205. The zero-order valence-corrected chi connectivity index (χ0v) is 21.3. The van der Waals surface area contributed by atoms with E-state index in [0.29, 0.717) is 0 Å². The van der Waals surface area contributed by atoms with Crippen molar-refractivity contribution in [1.82, 2.24) is 16.0 Å². The number of fused-ring (bicyclic) bond motifs is 3. The summed E-state index contributed by atoms with van der Waals surface area (Å²) in [7, 11) is 3.87. The van der Waals surface area contributed by atoms with Crippen LogP contribution in [0.4, 0.5) is 4.79 Å². The molecule has 4 rings (SSSR count). The SMILES string of the molecule is COC(=O)[C@H]1CSSC[C@H](NC(=O)OCC2c3ccccc3-c3ccccc32)C(=O)NCCC(=O)N1. The van der Waals surface area contributed by atoms with Crippen LogP contribution in [0.2, 0.25) is 0 Å². The molecule has 190 valence electrons. The molecule has 1 saturated heterocycles. The molecule has 3 amide bonds. The predicted octanol–water partition coefficient (Wildman–Crippen LogP) is 2.45. The molecule has 2 aromatic rings. The van der Waals surface area contributed by atoms with E-state index in [1.807, 2.05) is 36.4 Å². The first kappa shape index (κ1) is 25.9. The fraction of sp³-hybridized carbons (Fsp3) is 0.360. The van der Waals surface area contributed by atoms with Crippen LogP contribution in [-0.2, 0) is 23.9 Å². The van der Waals surface area contributed by atoms with Gasteiger partial charge in [-0.15, -0.1) is 0 Å². The Hall–Kier alpha value is -3.18. The number of nitrogens with one attached hydrogen (secondary N) is 3. The van der Waals surface area contributed by atoms with Crippen LogP contribution in [0, 0.1) is 0 Å². The molecule has 1 fully saturated rings. The van der Waals surface area contributed by atoms with Crippen molar-refractivity contribution in [3.05, 3.63) is 59.7 Å². The van der Waals surface area contributed by atoms with E-state index in [-0.39, 0.29) is 42.9 Å². The summed E-state index contributed by atoms with van der Waals surface area (Å²) < 4.78 is 10.3. The van der Waals surface area contributed by atoms with E-state index in [1.54, 1.807) is 0 Å². The lowest BCUT2D eigenvalue weighted by atomic mass is 9.98. The second kappa shape index (κ2) is 12.2. The molecule has 0 spiro atoms. The number of ether oxygens (including phenoxy) is 2. The molecule has 2 aliphatic rings. The van der Waals surface area contributed by atoms with Crippen molar-refractivity contribution in [2.24, 2.45) is 0 Å². The molecule has 2 aromatic carbocycles. The van der Waals surface area contributed by atoms with Crippen LogP contribution in [0.3, 0.4) is 0 Å². The first-order chi connectivity index (χ1) is 17.5. The van der Waals surface area contributed by atoms with Crippen molar-refractivity contribution in [1.29, 1.82) is 0 Å². The van der Waals surface area contributed by atoms with Crippen LogP contribution in [0.15, 0.2) is 48.5 Å². The van der Waals surface area contributed by atoms with Crippen molar-refractivity contribution in [2.75, 3.05) is 31.8 Å². The molecule has 11 heteroatoms. The molecular formula is C25H27N3O6S2. The highest BCUT2D eigenvalue weighted by Crippen LogP contribution is 2.44. The van der Waals surface area contributed by atoms with Crippen molar-refractivity contribution in [3.8, 4) is 11.1 Å². The molecule has 0 aromatic heterocycles. The normalized spacial score (nSPS) is 20.5. The van der Waals surface area contributed by atoms with Crippen LogP contribution in [0.25, 0.3) is 11.1 Å². The molecule has 0 unspecified atom stereocenters. The minimum absolute atomic E-state index is 0.00525. The molecule has 0 radical (unpaired) electrons. The van der Waals surface area contributed by atoms with Crippen molar-refractivity contribution in [3.63, 3.8) is 0 Å². The van der Waals surface area contributed by atoms with E-state index in [2.05, 4.69) is 28.1 Å². The maximum atomic E-state index is 12.7. The minimum atomic E-state index is -0.864. The molecule has 3 N–H and O–H groups in total. The molecule has 1 heterocycles. The highest BCUT2D eigenvalue weighted by Gasteiger charge is 2.30. The van der Waals surface area contributed by atoms with Gasteiger partial charge in [-0.25, -0.2) is 9.59 Å². The summed E-state index contributed by atoms with van der Waals surface area (Å²) in [5.74, 6) is -0.893. The molecule has 1 aliphatic carbocycles. The van der Waals surface area contributed by atoms with Gasteiger partial charge in [0.1, 0.15) is 18.7 Å². The number of alkyl carbamates (subject to hydrolysis) is 1. The highest BCUT2D eigenvalue weighted by molar-refractivity contribution is 8.76. The maximum Gasteiger partial charge on any atom is 0.407 e.